The first-order valence-electron chi connectivity index (χ1n) is 7.51. The van der Waals surface area contributed by atoms with Gasteiger partial charge in [0, 0.05) is 19.0 Å². The van der Waals surface area contributed by atoms with E-state index in [4.69, 9.17) is 9.47 Å². The van der Waals surface area contributed by atoms with Crippen molar-refractivity contribution >= 4 is 17.2 Å². The first-order chi connectivity index (χ1) is 11.1. The van der Waals surface area contributed by atoms with Crippen molar-refractivity contribution in [3.63, 3.8) is 0 Å². The Balaban J connectivity index is 1.61. The number of amides is 1. The standard InChI is InChI=1S/C15H20N4O3S/c1-10-5-13(19(2)18-10)15(20)17-12-3-4-21-7-14(12)22-6-11-8-23-9-16-11/h5,8-9,12,14H,3-4,6-7H2,1-2H3,(H,17,20)/t12-,14-/m1/s1. The number of nitrogens with one attached hydrogen (secondary N) is 1. The van der Waals surface area contributed by atoms with E-state index in [1.807, 2.05) is 12.3 Å². The zero-order chi connectivity index (χ0) is 16.2. The van der Waals surface area contributed by atoms with Gasteiger partial charge in [-0.15, -0.1) is 11.3 Å². The third-order valence-corrected chi connectivity index (χ3v) is 4.42. The lowest BCUT2D eigenvalue weighted by Crippen LogP contribution is -2.50. The molecule has 7 nitrogen and oxygen atoms in total. The van der Waals surface area contributed by atoms with Crippen LogP contribution in [-0.2, 0) is 23.1 Å². The molecule has 3 heterocycles. The van der Waals surface area contributed by atoms with Crippen LogP contribution in [0, 0.1) is 6.92 Å². The van der Waals surface area contributed by atoms with E-state index >= 15 is 0 Å². The molecular weight excluding hydrogens is 316 g/mol. The summed E-state index contributed by atoms with van der Waals surface area (Å²) < 4.78 is 13.0. The number of hydrogen-bond acceptors (Lipinski definition) is 6. The molecule has 0 saturated carbocycles. The summed E-state index contributed by atoms with van der Waals surface area (Å²) in [6.45, 7) is 3.38. The Morgan fingerprint density at radius 2 is 2.48 bits per heavy atom. The lowest BCUT2D eigenvalue weighted by atomic mass is 10.1. The van der Waals surface area contributed by atoms with Gasteiger partial charge < -0.3 is 14.8 Å². The Kier molecular flexibility index (Phi) is 5.04. The summed E-state index contributed by atoms with van der Waals surface area (Å²) >= 11 is 1.54. The summed E-state index contributed by atoms with van der Waals surface area (Å²) in [4.78, 5) is 16.6. The topological polar surface area (TPSA) is 78.3 Å². The lowest BCUT2D eigenvalue weighted by molar-refractivity contribution is -0.0742. The average Bonchev–Trinajstić information content (AvgIpc) is 3.15. The molecule has 1 aliphatic heterocycles. The Morgan fingerprint density at radius 1 is 1.61 bits per heavy atom. The third kappa shape index (κ3) is 3.95. The second-order valence-electron chi connectivity index (χ2n) is 5.57. The number of nitrogens with zero attached hydrogens (tertiary/aromatic N) is 3. The molecule has 2 aromatic rings. The van der Waals surface area contributed by atoms with Crippen LogP contribution in [-0.4, -0.2) is 46.0 Å². The fourth-order valence-corrected chi connectivity index (χ4v) is 3.15. The summed E-state index contributed by atoms with van der Waals surface area (Å²) in [5.74, 6) is -0.137. The summed E-state index contributed by atoms with van der Waals surface area (Å²) in [7, 11) is 1.77. The molecule has 1 N–H and O–H groups in total. The van der Waals surface area contributed by atoms with Crippen LogP contribution in [0.3, 0.4) is 0 Å². The van der Waals surface area contributed by atoms with Gasteiger partial charge in [-0.1, -0.05) is 0 Å². The van der Waals surface area contributed by atoms with E-state index in [1.54, 1.807) is 23.3 Å². The molecule has 2 atom stereocenters. The highest BCUT2D eigenvalue weighted by Gasteiger charge is 2.29. The Labute approximate surface area is 138 Å². The molecule has 0 radical (unpaired) electrons. The number of ether oxygens (including phenoxy) is 2. The quantitative estimate of drug-likeness (QED) is 0.890. The van der Waals surface area contributed by atoms with E-state index in [2.05, 4.69) is 15.4 Å². The van der Waals surface area contributed by atoms with Gasteiger partial charge in [-0.3, -0.25) is 9.48 Å². The van der Waals surface area contributed by atoms with Crippen molar-refractivity contribution in [1.82, 2.24) is 20.1 Å². The van der Waals surface area contributed by atoms with E-state index in [-0.39, 0.29) is 18.1 Å². The molecule has 0 spiro atoms. The number of hydrogen-bond donors (Lipinski definition) is 1. The summed E-state index contributed by atoms with van der Waals surface area (Å²) in [6.07, 6.45) is 0.549. The van der Waals surface area contributed by atoms with Gasteiger partial charge in [0.1, 0.15) is 11.8 Å². The van der Waals surface area contributed by atoms with Crippen LogP contribution in [0.15, 0.2) is 17.0 Å². The molecule has 3 rings (SSSR count). The largest absolute Gasteiger partial charge is 0.379 e. The maximum atomic E-state index is 12.4. The molecule has 0 aromatic carbocycles. The van der Waals surface area contributed by atoms with Crippen LogP contribution in [0.25, 0.3) is 0 Å². The first kappa shape index (κ1) is 16.1. The number of rotatable bonds is 5. The molecule has 1 saturated heterocycles. The van der Waals surface area contributed by atoms with Crippen molar-refractivity contribution in [2.45, 2.75) is 32.1 Å². The number of thiazole rings is 1. The second kappa shape index (κ2) is 7.20. The van der Waals surface area contributed by atoms with Gasteiger partial charge in [0.05, 0.1) is 36.2 Å². The zero-order valence-corrected chi connectivity index (χ0v) is 14.0. The van der Waals surface area contributed by atoms with Crippen LogP contribution in [0.2, 0.25) is 0 Å². The first-order valence-corrected chi connectivity index (χ1v) is 8.45. The average molecular weight is 336 g/mol. The molecule has 23 heavy (non-hydrogen) atoms. The SMILES string of the molecule is Cc1cc(C(=O)N[C@@H]2CCOC[C@H]2OCc2cscn2)n(C)n1. The van der Waals surface area contributed by atoms with Gasteiger partial charge >= 0.3 is 0 Å². The van der Waals surface area contributed by atoms with Gasteiger partial charge in [0.25, 0.3) is 5.91 Å². The number of carbonyl (C=O) groups is 1. The summed E-state index contributed by atoms with van der Waals surface area (Å²) in [5.41, 5.74) is 4.04. The maximum Gasteiger partial charge on any atom is 0.269 e. The third-order valence-electron chi connectivity index (χ3n) is 3.78. The van der Waals surface area contributed by atoms with Crippen LogP contribution in [0.1, 0.15) is 28.3 Å². The van der Waals surface area contributed by atoms with Crippen LogP contribution >= 0.6 is 11.3 Å². The Morgan fingerprint density at radius 3 is 3.17 bits per heavy atom. The van der Waals surface area contributed by atoms with Crippen molar-refractivity contribution < 1.29 is 14.3 Å². The van der Waals surface area contributed by atoms with Crippen LogP contribution in [0.4, 0.5) is 0 Å². The van der Waals surface area contributed by atoms with Gasteiger partial charge in [-0.2, -0.15) is 5.10 Å². The highest BCUT2D eigenvalue weighted by atomic mass is 32.1. The monoisotopic (exact) mass is 336 g/mol. The highest BCUT2D eigenvalue weighted by Crippen LogP contribution is 2.15. The van der Waals surface area contributed by atoms with E-state index in [0.717, 1.165) is 17.8 Å². The van der Waals surface area contributed by atoms with Gasteiger partial charge in [-0.05, 0) is 19.4 Å². The minimum absolute atomic E-state index is 0.0786. The van der Waals surface area contributed by atoms with Gasteiger partial charge in [-0.25, -0.2) is 4.98 Å². The van der Waals surface area contributed by atoms with Crippen molar-refractivity contribution in [3.05, 3.63) is 34.0 Å². The maximum absolute atomic E-state index is 12.4. The molecular formula is C15H20N4O3S. The van der Waals surface area contributed by atoms with Crippen LogP contribution < -0.4 is 5.32 Å². The minimum atomic E-state index is -0.177. The molecule has 0 aliphatic carbocycles. The fourth-order valence-electron chi connectivity index (χ4n) is 2.61. The second-order valence-corrected chi connectivity index (χ2v) is 6.29. The van der Waals surface area contributed by atoms with Crippen LogP contribution in [0.5, 0.6) is 0 Å². The molecule has 8 heteroatoms. The fraction of sp³-hybridized carbons (Fsp3) is 0.533. The molecule has 1 amide bonds. The molecule has 124 valence electrons. The highest BCUT2D eigenvalue weighted by molar-refractivity contribution is 7.07. The molecule has 1 aliphatic rings. The van der Waals surface area contributed by atoms with E-state index in [0.29, 0.717) is 25.5 Å². The Bertz CT molecular complexity index is 656. The smallest absolute Gasteiger partial charge is 0.269 e. The minimum Gasteiger partial charge on any atom is -0.379 e. The predicted molar refractivity (Wildman–Crippen MR) is 85.3 cm³/mol. The number of aryl methyl sites for hydroxylation is 2. The Hall–Kier alpha value is -1.77. The predicted octanol–water partition coefficient (Wildman–Crippen LogP) is 1.29. The van der Waals surface area contributed by atoms with Crippen molar-refractivity contribution in [1.29, 1.82) is 0 Å². The van der Waals surface area contributed by atoms with Gasteiger partial charge in [0.2, 0.25) is 0 Å². The van der Waals surface area contributed by atoms with Crippen molar-refractivity contribution in [2.75, 3.05) is 13.2 Å². The summed E-state index contributed by atoms with van der Waals surface area (Å²) in [5, 5.41) is 9.21. The summed E-state index contributed by atoms with van der Waals surface area (Å²) in [6, 6.07) is 1.70. The lowest BCUT2D eigenvalue weighted by Gasteiger charge is -2.31. The van der Waals surface area contributed by atoms with E-state index in [9.17, 15) is 4.79 Å². The van der Waals surface area contributed by atoms with Crippen molar-refractivity contribution in [3.8, 4) is 0 Å². The normalized spacial score (nSPS) is 21.3. The molecule has 2 aromatic heterocycles. The van der Waals surface area contributed by atoms with Gasteiger partial charge in [0.15, 0.2) is 0 Å². The number of aromatic nitrogens is 3. The molecule has 0 unspecified atom stereocenters. The number of carbonyl (C=O) groups excluding carboxylic acids is 1. The van der Waals surface area contributed by atoms with Crippen molar-refractivity contribution in [2.24, 2.45) is 7.05 Å². The molecule has 1 fully saturated rings. The molecule has 0 bridgehead atoms. The van der Waals surface area contributed by atoms with E-state index < -0.39 is 0 Å². The van der Waals surface area contributed by atoms with E-state index in [1.165, 1.54) is 11.3 Å². The zero-order valence-electron chi connectivity index (χ0n) is 13.2.